The van der Waals surface area contributed by atoms with Gasteiger partial charge in [-0.25, -0.2) is 9.37 Å². The molecule has 0 fully saturated rings. The number of aromatic nitrogens is 1. The van der Waals surface area contributed by atoms with Gasteiger partial charge in [-0.05, 0) is 41.9 Å². The Hall–Kier alpha value is -0.940. The summed E-state index contributed by atoms with van der Waals surface area (Å²) in [5.74, 6) is 0.108. The van der Waals surface area contributed by atoms with E-state index < -0.39 is 0 Å². The van der Waals surface area contributed by atoms with Crippen LogP contribution in [0.3, 0.4) is 0 Å². The summed E-state index contributed by atoms with van der Waals surface area (Å²) < 4.78 is 19.2. The summed E-state index contributed by atoms with van der Waals surface area (Å²) in [7, 11) is 0. The minimum atomic E-state index is -0.330. The van der Waals surface area contributed by atoms with E-state index in [2.05, 4.69) is 20.9 Å². The molecule has 0 aliphatic carbocycles. The number of benzene rings is 1. The summed E-state index contributed by atoms with van der Waals surface area (Å²) in [6, 6.07) is 4.31. The van der Waals surface area contributed by atoms with Crippen LogP contribution in [0, 0.1) is 19.7 Å². The Morgan fingerprint density at radius 2 is 2.12 bits per heavy atom. The van der Waals surface area contributed by atoms with Crippen LogP contribution in [0.2, 0.25) is 0 Å². The van der Waals surface area contributed by atoms with Crippen molar-refractivity contribution >= 4 is 27.3 Å². The zero-order valence-corrected chi connectivity index (χ0v) is 11.2. The van der Waals surface area contributed by atoms with E-state index in [0.29, 0.717) is 15.4 Å². The molecule has 1 aromatic carbocycles. The van der Waals surface area contributed by atoms with E-state index in [0.717, 1.165) is 10.6 Å². The van der Waals surface area contributed by atoms with Crippen molar-refractivity contribution in [2.75, 3.05) is 0 Å². The Labute approximate surface area is 105 Å². The molecule has 0 radical (unpaired) electrons. The summed E-state index contributed by atoms with van der Waals surface area (Å²) in [6.45, 7) is 3.89. The van der Waals surface area contributed by atoms with Crippen LogP contribution in [0.15, 0.2) is 22.7 Å². The fraction of sp³-hybridized carbons (Fsp3) is 0.182. The van der Waals surface area contributed by atoms with Gasteiger partial charge in [-0.3, -0.25) is 0 Å². The molecular weight excluding hydrogens is 293 g/mol. The maximum Gasteiger partial charge on any atom is 0.279 e. The number of nitrogens with zero attached hydrogens (tertiary/aromatic N) is 1. The average molecular weight is 302 g/mol. The van der Waals surface area contributed by atoms with Gasteiger partial charge in [0.15, 0.2) is 0 Å². The van der Waals surface area contributed by atoms with E-state index in [1.54, 1.807) is 6.07 Å². The minimum Gasteiger partial charge on any atom is -0.430 e. The number of rotatable bonds is 2. The molecule has 16 heavy (non-hydrogen) atoms. The molecule has 0 aliphatic heterocycles. The van der Waals surface area contributed by atoms with Gasteiger partial charge in [-0.15, -0.1) is 0 Å². The monoisotopic (exact) mass is 301 g/mol. The summed E-state index contributed by atoms with van der Waals surface area (Å²) in [4.78, 5) is 5.33. The second kappa shape index (κ2) is 4.51. The fourth-order valence-electron chi connectivity index (χ4n) is 1.14. The molecule has 0 unspecified atom stereocenters. The first-order chi connectivity index (χ1) is 7.56. The Kier molecular flexibility index (Phi) is 3.25. The topological polar surface area (TPSA) is 22.1 Å². The van der Waals surface area contributed by atoms with E-state index in [-0.39, 0.29) is 5.82 Å². The van der Waals surface area contributed by atoms with Crippen molar-refractivity contribution in [1.29, 1.82) is 0 Å². The Bertz CT molecular complexity index is 507. The molecule has 1 heterocycles. The van der Waals surface area contributed by atoms with Gasteiger partial charge in [0.25, 0.3) is 5.19 Å². The first kappa shape index (κ1) is 11.5. The van der Waals surface area contributed by atoms with Crippen molar-refractivity contribution in [3.63, 3.8) is 0 Å². The molecule has 1 aromatic heterocycles. The molecule has 0 saturated heterocycles. The van der Waals surface area contributed by atoms with Gasteiger partial charge in [0.05, 0.1) is 10.2 Å². The van der Waals surface area contributed by atoms with Gasteiger partial charge < -0.3 is 4.74 Å². The summed E-state index contributed by atoms with van der Waals surface area (Å²) in [6.07, 6.45) is 0. The lowest BCUT2D eigenvalue weighted by Crippen LogP contribution is -1.86. The lowest BCUT2D eigenvalue weighted by molar-refractivity contribution is 0.469. The summed E-state index contributed by atoms with van der Waals surface area (Å²) in [5.41, 5.74) is 0.938. The highest BCUT2D eigenvalue weighted by atomic mass is 79.9. The lowest BCUT2D eigenvalue weighted by atomic mass is 10.3. The third-order valence-electron chi connectivity index (χ3n) is 2.10. The molecule has 84 valence electrons. The van der Waals surface area contributed by atoms with E-state index >= 15 is 0 Å². The minimum absolute atomic E-state index is 0.330. The van der Waals surface area contributed by atoms with Gasteiger partial charge in [-0.1, -0.05) is 11.3 Å². The highest BCUT2D eigenvalue weighted by molar-refractivity contribution is 9.10. The Morgan fingerprint density at radius 3 is 2.75 bits per heavy atom. The third kappa shape index (κ3) is 2.41. The van der Waals surface area contributed by atoms with Crippen LogP contribution in [0.25, 0.3) is 0 Å². The van der Waals surface area contributed by atoms with E-state index in [9.17, 15) is 4.39 Å². The predicted molar refractivity (Wildman–Crippen MR) is 65.8 cm³/mol. The standard InChI is InChI=1S/C11H9BrFNOS/c1-6-7(2)16-11(14-6)15-10-5-8(13)3-4-9(10)12/h3-5H,1-2H3. The molecule has 0 atom stereocenters. The van der Waals surface area contributed by atoms with Crippen LogP contribution in [0.1, 0.15) is 10.6 Å². The van der Waals surface area contributed by atoms with Crippen molar-refractivity contribution in [3.05, 3.63) is 39.1 Å². The van der Waals surface area contributed by atoms with Crippen LogP contribution in [-0.2, 0) is 0 Å². The normalized spacial score (nSPS) is 10.5. The number of thiazole rings is 1. The van der Waals surface area contributed by atoms with Gasteiger partial charge in [0.1, 0.15) is 11.6 Å². The first-order valence-electron chi connectivity index (χ1n) is 4.63. The number of halogens is 2. The van der Waals surface area contributed by atoms with Crippen molar-refractivity contribution < 1.29 is 9.13 Å². The third-order valence-corrected chi connectivity index (χ3v) is 3.71. The van der Waals surface area contributed by atoms with Crippen LogP contribution < -0.4 is 4.74 Å². The molecule has 0 spiro atoms. The van der Waals surface area contributed by atoms with Gasteiger partial charge in [0.2, 0.25) is 0 Å². The molecule has 0 saturated carbocycles. The molecule has 0 bridgehead atoms. The second-order valence-electron chi connectivity index (χ2n) is 3.30. The lowest BCUT2D eigenvalue weighted by Gasteiger charge is -2.03. The summed E-state index contributed by atoms with van der Waals surface area (Å²) >= 11 is 4.75. The van der Waals surface area contributed by atoms with Crippen molar-refractivity contribution in [2.24, 2.45) is 0 Å². The number of ether oxygens (including phenoxy) is 1. The fourth-order valence-corrected chi connectivity index (χ4v) is 2.23. The number of aryl methyl sites for hydroxylation is 2. The molecule has 2 rings (SSSR count). The van der Waals surface area contributed by atoms with Crippen molar-refractivity contribution in [2.45, 2.75) is 13.8 Å². The molecule has 2 aromatic rings. The van der Waals surface area contributed by atoms with Gasteiger partial charge >= 0.3 is 0 Å². The van der Waals surface area contributed by atoms with Gasteiger partial charge in [-0.2, -0.15) is 0 Å². The van der Waals surface area contributed by atoms with Crippen LogP contribution in [-0.4, -0.2) is 4.98 Å². The Balaban J connectivity index is 2.29. The molecule has 0 N–H and O–H groups in total. The molecule has 0 aliphatic rings. The molecule has 0 amide bonds. The zero-order valence-electron chi connectivity index (χ0n) is 8.75. The van der Waals surface area contributed by atoms with E-state index in [1.165, 1.54) is 23.5 Å². The average Bonchev–Trinajstić information content (AvgIpc) is 2.52. The predicted octanol–water partition coefficient (Wildman–Crippen LogP) is 4.45. The number of hydrogen-bond donors (Lipinski definition) is 0. The maximum absolute atomic E-state index is 13.0. The highest BCUT2D eigenvalue weighted by Crippen LogP contribution is 2.33. The maximum atomic E-state index is 13.0. The SMILES string of the molecule is Cc1nc(Oc2cc(F)ccc2Br)sc1C. The largest absolute Gasteiger partial charge is 0.430 e. The summed E-state index contributed by atoms with van der Waals surface area (Å²) in [5, 5.41) is 0.529. The van der Waals surface area contributed by atoms with Gasteiger partial charge in [0, 0.05) is 10.9 Å². The first-order valence-corrected chi connectivity index (χ1v) is 6.24. The van der Waals surface area contributed by atoms with Crippen molar-refractivity contribution in [1.82, 2.24) is 4.98 Å². The molecule has 5 heteroatoms. The molecular formula is C11H9BrFNOS. The smallest absolute Gasteiger partial charge is 0.279 e. The molecule has 2 nitrogen and oxygen atoms in total. The number of hydrogen-bond acceptors (Lipinski definition) is 3. The Morgan fingerprint density at radius 1 is 1.38 bits per heavy atom. The van der Waals surface area contributed by atoms with E-state index in [1.807, 2.05) is 13.8 Å². The van der Waals surface area contributed by atoms with Crippen LogP contribution in [0.4, 0.5) is 4.39 Å². The highest BCUT2D eigenvalue weighted by Gasteiger charge is 2.09. The van der Waals surface area contributed by atoms with Crippen LogP contribution in [0.5, 0.6) is 10.9 Å². The van der Waals surface area contributed by atoms with Crippen molar-refractivity contribution in [3.8, 4) is 10.9 Å². The second-order valence-corrected chi connectivity index (χ2v) is 5.32. The van der Waals surface area contributed by atoms with E-state index in [4.69, 9.17) is 4.74 Å². The zero-order chi connectivity index (χ0) is 11.7. The quantitative estimate of drug-likeness (QED) is 0.817. The van der Waals surface area contributed by atoms with Crippen LogP contribution >= 0.6 is 27.3 Å².